The molecular formula is C16H15N3O. The molecule has 0 bridgehead atoms. The van der Waals surface area contributed by atoms with Gasteiger partial charge in [0.2, 0.25) is 0 Å². The Hall–Kier alpha value is -2.80. The Bertz CT molecular complexity index is 656. The van der Waals surface area contributed by atoms with E-state index in [0.29, 0.717) is 16.8 Å². The molecule has 4 nitrogen and oxygen atoms in total. The van der Waals surface area contributed by atoms with Gasteiger partial charge < -0.3 is 11.1 Å². The van der Waals surface area contributed by atoms with Crippen LogP contribution in [-0.2, 0) is 0 Å². The molecule has 0 radical (unpaired) electrons. The van der Waals surface area contributed by atoms with Gasteiger partial charge in [0.1, 0.15) is 0 Å². The van der Waals surface area contributed by atoms with E-state index in [2.05, 4.69) is 5.32 Å². The van der Waals surface area contributed by atoms with Crippen LogP contribution in [0.25, 0.3) is 0 Å². The summed E-state index contributed by atoms with van der Waals surface area (Å²) in [5, 5.41) is 11.7. The van der Waals surface area contributed by atoms with Gasteiger partial charge in [-0.3, -0.25) is 4.79 Å². The number of rotatable bonds is 3. The molecule has 1 atom stereocenters. The molecule has 0 saturated heterocycles. The summed E-state index contributed by atoms with van der Waals surface area (Å²) >= 11 is 0. The van der Waals surface area contributed by atoms with E-state index in [0.717, 1.165) is 5.56 Å². The maximum Gasteiger partial charge on any atom is 0.251 e. The lowest BCUT2D eigenvalue weighted by Gasteiger charge is -2.14. The Morgan fingerprint density at radius 3 is 2.60 bits per heavy atom. The van der Waals surface area contributed by atoms with Crippen LogP contribution in [0.1, 0.15) is 34.5 Å². The number of hydrogen-bond acceptors (Lipinski definition) is 3. The first-order valence-corrected chi connectivity index (χ1v) is 6.26. The van der Waals surface area contributed by atoms with Crippen molar-refractivity contribution in [2.24, 2.45) is 0 Å². The fraction of sp³-hybridized carbons (Fsp3) is 0.125. The monoisotopic (exact) mass is 265 g/mol. The minimum absolute atomic E-state index is 0.131. The van der Waals surface area contributed by atoms with Crippen molar-refractivity contribution >= 4 is 11.6 Å². The van der Waals surface area contributed by atoms with Gasteiger partial charge in [-0.1, -0.05) is 18.2 Å². The second-order valence-electron chi connectivity index (χ2n) is 4.55. The lowest BCUT2D eigenvalue weighted by molar-refractivity contribution is 0.0940. The summed E-state index contributed by atoms with van der Waals surface area (Å²) in [6.45, 7) is 1.90. The van der Waals surface area contributed by atoms with Crippen LogP contribution < -0.4 is 11.1 Å². The highest BCUT2D eigenvalue weighted by molar-refractivity contribution is 5.94. The van der Waals surface area contributed by atoms with Gasteiger partial charge in [0, 0.05) is 11.3 Å². The van der Waals surface area contributed by atoms with Crippen LogP contribution in [0.15, 0.2) is 48.5 Å². The van der Waals surface area contributed by atoms with Gasteiger partial charge in [0.05, 0.1) is 17.7 Å². The van der Waals surface area contributed by atoms with Crippen molar-refractivity contribution in [3.63, 3.8) is 0 Å². The minimum atomic E-state index is -0.202. The molecular weight excluding hydrogens is 250 g/mol. The summed E-state index contributed by atoms with van der Waals surface area (Å²) < 4.78 is 0. The van der Waals surface area contributed by atoms with Gasteiger partial charge in [-0.25, -0.2) is 0 Å². The number of hydrogen-bond donors (Lipinski definition) is 2. The van der Waals surface area contributed by atoms with Crippen molar-refractivity contribution in [2.75, 3.05) is 5.73 Å². The Morgan fingerprint density at radius 2 is 1.95 bits per heavy atom. The lowest BCUT2D eigenvalue weighted by Crippen LogP contribution is -2.26. The first-order chi connectivity index (χ1) is 9.60. The van der Waals surface area contributed by atoms with Crippen molar-refractivity contribution < 1.29 is 4.79 Å². The minimum Gasteiger partial charge on any atom is -0.399 e. The number of nitrogens with one attached hydrogen (secondary N) is 1. The molecule has 0 aliphatic rings. The van der Waals surface area contributed by atoms with Gasteiger partial charge in [-0.05, 0) is 42.8 Å². The molecule has 0 spiro atoms. The molecule has 0 aliphatic carbocycles. The Balaban J connectivity index is 2.11. The molecule has 1 unspecified atom stereocenters. The van der Waals surface area contributed by atoms with Gasteiger partial charge in [-0.15, -0.1) is 0 Å². The smallest absolute Gasteiger partial charge is 0.251 e. The summed E-state index contributed by atoms with van der Waals surface area (Å²) in [5.41, 5.74) is 8.25. The van der Waals surface area contributed by atoms with E-state index in [9.17, 15) is 4.79 Å². The summed E-state index contributed by atoms with van der Waals surface area (Å²) in [6.07, 6.45) is 0. The summed E-state index contributed by atoms with van der Waals surface area (Å²) in [4.78, 5) is 12.1. The maximum absolute atomic E-state index is 12.1. The third kappa shape index (κ3) is 3.15. The third-order valence-electron chi connectivity index (χ3n) is 3.04. The molecule has 4 heteroatoms. The first-order valence-electron chi connectivity index (χ1n) is 6.26. The van der Waals surface area contributed by atoms with Crippen LogP contribution in [-0.4, -0.2) is 5.91 Å². The molecule has 2 aromatic rings. The molecule has 20 heavy (non-hydrogen) atoms. The van der Waals surface area contributed by atoms with E-state index >= 15 is 0 Å². The van der Waals surface area contributed by atoms with Crippen LogP contribution in [0.5, 0.6) is 0 Å². The molecule has 1 amide bonds. The topological polar surface area (TPSA) is 78.9 Å². The SMILES string of the molecule is CC(NC(=O)c1cccc(C#N)c1)c1ccc(N)cc1. The van der Waals surface area contributed by atoms with Crippen molar-refractivity contribution in [2.45, 2.75) is 13.0 Å². The average molecular weight is 265 g/mol. The second-order valence-corrected chi connectivity index (χ2v) is 4.55. The van der Waals surface area contributed by atoms with Gasteiger partial charge in [0.25, 0.3) is 5.91 Å². The first kappa shape index (κ1) is 13.6. The highest BCUT2D eigenvalue weighted by atomic mass is 16.1. The molecule has 2 rings (SSSR count). The van der Waals surface area contributed by atoms with E-state index in [1.165, 1.54) is 0 Å². The van der Waals surface area contributed by atoms with E-state index in [4.69, 9.17) is 11.0 Å². The molecule has 2 aromatic carbocycles. The van der Waals surface area contributed by atoms with E-state index in [1.54, 1.807) is 36.4 Å². The number of carbonyl (C=O) groups excluding carboxylic acids is 1. The fourth-order valence-corrected chi connectivity index (χ4v) is 1.88. The highest BCUT2D eigenvalue weighted by Gasteiger charge is 2.11. The number of nitrogens with two attached hydrogens (primary N) is 1. The Labute approximate surface area is 117 Å². The zero-order valence-corrected chi connectivity index (χ0v) is 11.1. The molecule has 0 saturated carbocycles. The quantitative estimate of drug-likeness (QED) is 0.837. The molecule has 100 valence electrons. The molecule has 3 N–H and O–H groups in total. The zero-order valence-electron chi connectivity index (χ0n) is 11.1. The van der Waals surface area contributed by atoms with Crippen LogP contribution >= 0.6 is 0 Å². The Morgan fingerprint density at radius 1 is 1.25 bits per heavy atom. The lowest BCUT2D eigenvalue weighted by atomic mass is 10.1. The number of nitrogens with zero attached hydrogens (tertiary/aromatic N) is 1. The van der Waals surface area contributed by atoms with E-state index < -0.39 is 0 Å². The van der Waals surface area contributed by atoms with Gasteiger partial charge in [-0.2, -0.15) is 5.26 Å². The third-order valence-corrected chi connectivity index (χ3v) is 3.04. The summed E-state index contributed by atoms with van der Waals surface area (Å²) in [7, 11) is 0. The second kappa shape index (κ2) is 5.89. The summed E-state index contributed by atoms with van der Waals surface area (Å²) in [6, 6.07) is 15.9. The van der Waals surface area contributed by atoms with Crippen LogP contribution in [0, 0.1) is 11.3 Å². The van der Waals surface area contributed by atoms with Crippen molar-refractivity contribution in [3.8, 4) is 6.07 Å². The van der Waals surface area contributed by atoms with E-state index in [1.807, 2.05) is 25.1 Å². The maximum atomic E-state index is 12.1. The molecule has 0 fully saturated rings. The fourth-order valence-electron chi connectivity index (χ4n) is 1.88. The zero-order chi connectivity index (χ0) is 14.5. The average Bonchev–Trinajstić information content (AvgIpc) is 2.47. The number of nitriles is 1. The number of benzene rings is 2. The Kier molecular flexibility index (Phi) is 4.02. The number of amides is 1. The van der Waals surface area contributed by atoms with Gasteiger partial charge >= 0.3 is 0 Å². The highest BCUT2D eigenvalue weighted by Crippen LogP contribution is 2.15. The number of anilines is 1. The molecule has 0 aliphatic heterocycles. The predicted octanol–water partition coefficient (Wildman–Crippen LogP) is 2.63. The standard InChI is InChI=1S/C16H15N3O/c1-11(13-5-7-15(18)8-6-13)19-16(20)14-4-2-3-12(9-14)10-17/h2-9,11H,18H2,1H3,(H,19,20). The largest absolute Gasteiger partial charge is 0.399 e. The normalized spacial score (nSPS) is 11.4. The van der Waals surface area contributed by atoms with E-state index in [-0.39, 0.29) is 11.9 Å². The van der Waals surface area contributed by atoms with Crippen LogP contribution in [0.2, 0.25) is 0 Å². The number of carbonyl (C=O) groups is 1. The van der Waals surface area contributed by atoms with Crippen LogP contribution in [0.3, 0.4) is 0 Å². The summed E-state index contributed by atoms with van der Waals surface area (Å²) in [5.74, 6) is -0.202. The predicted molar refractivity (Wildman–Crippen MR) is 77.9 cm³/mol. The van der Waals surface area contributed by atoms with Crippen molar-refractivity contribution in [1.82, 2.24) is 5.32 Å². The molecule has 0 aromatic heterocycles. The van der Waals surface area contributed by atoms with Crippen molar-refractivity contribution in [1.29, 1.82) is 5.26 Å². The molecule has 0 heterocycles. The van der Waals surface area contributed by atoms with Crippen LogP contribution in [0.4, 0.5) is 5.69 Å². The number of nitrogen functional groups attached to an aromatic ring is 1. The van der Waals surface area contributed by atoms with Crippen molar-refractivity contribution in [3.05, 3.63) is 65.2 Å². The van der Waals surface area contributed by atoms with Gasteiger partial charge in [0.15, 0.2) is 0 Å².